The van der Waals surface area contributed by atoms with Crippen molar-refractivity contribution in [2.24, 2.45) is 0 Å². The zero-order valence-electron chi connectivity index (χ0n) is 18.3. The Morgan fingerprint density at radius 2 is 1.74 bits per heavy atom. The molecular weight excluding hydrogens is 528 g/mol. The molecule has 1 aliphatic heterocycles. The number of nitrogens with zero attached hydrogens (tertiary/aromatic N) is 3. The number of piperidine rings is 1. The first-order valence-electron chi connectivity index (χ1n) is 10.7. The van der Waals surface area contributed by atoms with Crippen LogP contribution in [0, 0.1) is 0 Å². The van der Waals surface area contributed by atoms with Gasteiger partial charge in [-0.1, -0.05) is 17.7 Å². The van der Waals surface area contributed by atoms with Crippen LogP contribution in [-0.2, 0) is 19.9 Å². The van der Waals surface area contributed by atoms with Crippen molar-refractivity contribution in [1.29, 1.82) is 0 Å². The second-order valence-corrected chi connectivity index (χ2v) is 15.3. The van der Waals surface area contributed by atoms with Gasteiger partial charge in [0.05, 0.1) is 21.2 Å². The summed E-state index contributed by atoms with van der Waals surface area (Å²) in [6.07, 6.45) is 0.458. The summed E-state index contributed by atoms with van der Waals surface area (Å²) in [6, 6.07) is 7.26. The van der Waals surface area contributed by atoms with Gasteiger partial charge in [0.2, 0.25) is 0 Å². The molecule has 1 aromatic carbocycles. The number of rotatable bonds is 5. The quantitative estimate of drug-likeness (QED) is 0.448. The molecule has 1 spiro atoms. The van der Waals surface area contributed by atoms with Crippen LogP contribution in [0.5, 0.6) is 0 Å². The van der Waals surface area contributed by atoms with Gasteiger partial charge in [-0.2, -0.15) is 12.5 Å². The molecule has 0 bridgehead atoms. The summed E-state index contributed by atoms with van der Waals surface area (Å²) < 4.78 is 81.1. The number of hydrogen-bond donors (Lipinski definition) is 0. The molecule has 2 aliphatic rings. The number of benzene rings is 1. The lowest BCUT2D eigenvalue weighted by atomic mass is 9.96. The van der Waals surface area contributed by atoms with Crippen molar-refractivity contribution < 1.29 is 25.6 Å². The fraction of sp³-hybridized carbons (Fsp3) is 0.476. The van der Waals surface area contributed by atoms with Crippen LogP contribution in [-0.4, -0.2) is 49.3 Å². The predicted octanol–water partition coefficient (Wildman–Crippen LogP) is 4.94. The van der Waals surface area contributed by atoms with E-state index in [4.69, 9.17) is 11.6 Å². The highest BCUT2D eigenvalue weighted by Crippen LogP contribution is 2.55. The van der Waals surface area contributed by atoms with Gasteiger partial charge in [0.25, 0.3) is 15.9 Å². The molecule has 1 aliphatic carbocycles. The average Bonchev–Trinajstić information content (AvgIpc) is 3.16. The molecule has 0 N–H and O–H groups in total. The van der Waals surface area contributed by atoms with Gasteiger partial charge in [-0.3, -0.25) is 0 Å². The molecule has 2 aromatic heterocycles. The smallest absolute Gasteiger partial charge is 0.293 e. The van der Waals surface area contributed by atoms with E-state index in [2.05, 4.69) is 5.10 Å². The van der Waals surface area contributed by atoms with E-state index in [9.17, 15) is 25.6 Å². The third-order valence-corrected chi connectivity index (χ3v) is 12.6. The molecule has 0 unspecified atom stereocenters. The molecular formula is C21H22ClF2N3O4S3. The number of alkyl halides is 2. The zero-order valence-corrected chi connectivity index (χ0v) is 21.5. The van der Waals surface area contributed by atoms with Crippen LogP contribution in [0.25, 0.3) is 10.9 Å². The summed E-state index contributed by atoms with van der Waals surface area (Å²) in [5.41, 5.74) is -0.560. The number of hydrogen-bond acceptors (Lipinski definition) is 7. The van der Waals surface area contributed by atoms with Crippen molar-refractivity contribution in [1.82, 2.24) is 9.19 Å². The van der Waals surface area contributed by atoms with E-state index in [1.54, 1.807) is 23.1 Å². The SMILES string of the molecule is CC(C)S(=O)(=O)c1ccc(S(=O)(=O)n2nc(N3CCC(F)(F)CC34CC4)c3c(Cl)cccc32)s1. The Balaban J connectivity index is 1.65. The average molecular weight is 550 g/mol. The molecule has 7 nitrogen and oxygen atoms in total. The summed E-state index contributed by atoms with van der Waals surface area (Å²) in [7, 11) is -7.93. The van der Waals surface area contributed by atoms with Crippen molar-refractivity contribution in [3.63, 3.8) is 0 Å². The van der Waals surface area contributed by atoms with E-state index in [0.29, 0.717) is 29.6 Å². The minimum absolute atomic E-state index is 0.0279. The third-order valence-electron chi connectivity index (χ3n) is 6.49. The normalized spacial score (nSPS) is 19.9. The number of anilines is 1. The van der Waals surface area contributed by atoms with Crippen LogP contribution in [0.3, 0.4) is 0 Å². The monoisotopic (exact) mass is 549 g/mol. The summed E-state index contributed by atoms with van der Waals surface area (Å²) in [5.74, 6) is -2.53. The van der Waals surface area contributed by atoms with Gasteiger partial charge in [0.1, 0.15) is 8.42 Å². The lowest BCUT2D eigenvalue weighted by molar-refractivity contribution is -0.0374. The minimum Gasteiger partial charge on any atom is -0.348 e. The highest BCUT2D eigenvalue weighted by atomic mass is 35.5. The summed E-state index contributed by atoms with van der Waals surface area (Å²) in [5, 5.41) is 4.32. The number of aromatic nitrogens is 2. The van der Waals surface area contributed by atoms with Crippen molar-refractivity contribution in [3.8, 4) is 0 Å². The Bertz CT molecular complexity index is 1510. The molecule has 3 heterocycles. The molecule has 13 heteroatoms. The summed E-state index contributed by atoms with van der Waals surface area (Å²) in [6.45, 7) is 3.07. The van der Waals surface area contributed by atoms with Crippen LogP contribution >= 0.6 is 22.9 Å². The van der Waals surface area contributed by atoms with E-state index in [0.717, 1.165) is 4.09 Å². The largest absolute Gasteiger partial charge is 0.348 e. The van der Waals surface area contributed by atoms with Crippen molar-refractivity contribution in [2.75, 3.05) is 11.4 Å². The Morgan fingerprint density at radius 1 is 1.06 bits per heavy atom. The molecule has 0 atom stereocenters. The second-order valence-electron chi connectivity index (χ2n) is 9.13. The highest BCUT2D eigenvalue weighted by molar-refractivity contribution is 7.95. The Labute approximate surface area is 205 Å². The first kappa shape index (κ1) is 24.0. The molecule has 0 amide bonds. The van der Waals surface area contributed by atoms with Crippen molar-refractivity contribution >= 4 is 59.5 Å². The maximum Gasteiger partial charge on any atom is 0.293 e. The maximum atomic E-state index is 14.2. The zero-order chi connectivity index (χ0) is 24.7. The Kier molecular flexibility index (Phi) is 5.37. The van der Waals surface area contributed by atoms with E-state index >= 15 is 0 Å². The number of thiophene rings is 1. The number of halogens is 3. The molecule has 2 fully saturated rings. The Hall–Kier alpha value is -1.76. The molecule has 3 aromatic rings. The summed E-state index contributed by atoms with van der Waals surface area (Å²) >= 11 is 7.12. The molecule has 1 saturated heterocycles. The van der Waals surface area contributed by atoms with Crippen LogP contribution < -0.4 is 4.90 Å². The fourth-order valence-corrected chi connectivity index (χ4v) is 9.29. The molecule has 5 rings (SSSR count). The number of sulfone groups is 1. The Morgan fingerprint density at radius 3 is 2.38 bits per heavy atom. The van der Waals surface area contributed by atoms with Gasteiger partial charge in [0.15, 0.2) is 15.7 Å². The minimum atomic E-state index is -4.28. The highest BCUT2D eigenvalue weighted by Gasteiger charge is 2.58. The summed E-state index contributed by atoms with van der Waals surface area (Å²) in [4.78, 5) is 1.77. The maximum absolute atomic E-state index is 14.2. The predicted molar refractivity (Wildman–Crippen MR) is 127 cm³/mol. The standard InChI is InChI=1S/C21H22ClF2N3O4S3/c1-13(2)33(28,29)16-6-7-17(32-16)34(30,31)27-15-5-3-4-14(22)18(15)19(25-27)26-11-10-21(23,24)12-20(26)8-9-20/h3-7,13H,8-12H2,1-2H3. The van der Waals surface area contributed by atoms with Crippen molar-refractivity contribution in [3.05, 3.63) is 35.4 Å². The van der Waals surface area contributed by atoms with Crippen molar-refractivity contribution in [2.45, 2.75) is 64.7 Å². The van der Waals surface area contributed by atoms with E-state index < -0.39 is 36.6 Å². The van der Waals surface area contributed by atoms with Crippen LogP contribution in [0.4, 0.5) is 14.6 Å². The molecule has 184 valence electrons. The van der Waals surface area contributed by atoms with Gasteiger partial charge in [-0.25, -0.2) is 17.2 Å². The fourth-order valence-electron chi connectivity index (χ4n) is 4.47. The van der Waals surface area contributed by atoms with E-state index in [1.807, 2.05) is 0 Å². The van der Waals surface area contributed by atoms with Gasteiger partial charge < -0.3 is 4.90 Å². The van der Waals surface area contributed by atoms with Gasteiger partial charge in [-0.05, 0) is 51.0 Å². The lowest BCUT2D eigenvalue weighted by Gasteiger charge is -2.40. The first-order valence-corrected chi connectivity index (χ1v) is 14.9. The van der Waals surface area contributed by atoms with Crippen LogP contribution in [0.15, 0.2) is 38.8 Å². The lowest BCUT2D eigenvalue weighted by Crippen LogP contribution is -2.49. The first-order chi connectivity index (χ1) is 15.8. The van der Waals surface area contributed by atoms with Crippen LogP contribution in [0.2, 0.25) is 5.02 Å². The second kappa shape index (κ2) is 7.62. The molecule has 1 saturated carbocycles. The van der Waals surface area contributed by atoms with Gasteiger partial charge >= 0.3 is 0 Å². The van der Waals surface area contributed by atoms with E-state index in [1.165, 1.54) is 26.0 Å². The van der Waals surface area contributed by atoms with E-state index in [-0.39, 0.29) is 44.2 Å². The topological polar surface area (TPSA) is 89.3 Å². The van der Waals surface area contributed by atoms with Crippen LogP contribution in [0.1, 0.15) is 39.5 Å². The van der Waals surface area contributed by atoms with Gasteiger partial charge in [-0.15, -0.1) is 16.4 Å². The third kappa shape index (κ3) is 3.64. The molecule has 0 radical (unpaired) electrons. The molecule has 34 heavy (non-hydrogen) atoms. The number of fused-ring (bicyclic) bond motifs is 1. The van der Waals surface area contributed by atoms with Gasteiger partial charge in [0, 0.05) is 24.9 Å².